The highest BCUT2D eigenvalue weighted by atomic mass is 16.2. The molecule has 5 nitrogen and oxygen atoms in total. The number of amides is 2. The van der Waals surface area contributed by atoms with Crippen molar-refractivity contribution in [3.8, 4) is 0 Å². The minimum atomic E-state index is -0.0840. The summed E-state index contributed by atoms with van der Waals surface area (Å²) in [6.45, 7) is 0. The topological polar surface area (TPSA) is 75.4 Å². The number of carbonyl (C=O) groups excluding carboxylic acids is 2. The highest BCUT2D eigenvalue weighted by Gasteiger charge is 2.20. The van der Waals surface area contributed by atoms with E-state index in [0.717, 1.165) is 25.7 Å². The van der Waals surface area contributed by atoms with Gasteiger partial charge in [-0.25, -0.2) is 0 Å². The molecule has 1 aliphatic rings. The van der Waals surface area contributed by atoms with Crippen molar-refractivity contribution in [3.63, 3.8) is 0 Å². The van der Waals surface area contributed by atoms with Crippen LogP contribution in [0.1, 0.15) is 46.4 Å². The van der Waals surface area contributed by atoms with E-state index >= 15 is 0 Å². The van der Waals surface area contributed by atoms with Gasteiger partial charge in [0, 0.05) is 37.3 Å². The predicted molar refractivity (Wildman–Crippen MR) is 82.2 cm³/mol. The van der Waals surface area contributed by atoms with Crippen molar-refractivity contribution >= 4 is 11.8 Å². The van der Waals surface area contributed by atoms with E-state index in [0.29, 0.717) is 11.1 Å². The third-order valence-electron chi connectivity index (χ3n) is 3.91. The second-order valence-electron chi connectivity index (χ2n) is 5.86. The van der Waals surface area contributed by atoms with Gasteiger partial charge in [0.1, 0.15) is 0 Å². The summed E-state index contributed by atoms with van der Waals surface area (Å²) in [4.78, 5) is 25.5. The normalized spacial score (nSPS) is 21.7. The van der Waals surface area contributed by atoms with E-state index in [1.807, 2.05) is 0 Å². The van der Waals surface area contributed by atoms with E-state index in [4.69, 9.17) is 5.73 Å². The van der Waals surface area contributed by atoms with Crippen molar-refractivity contribution in [1.82, 2.24) is 10.2 Å². The Balaban J connectivity index is 1.95. The predicted octanol–water partition coefficient (Wildman–Crippen LogP) is 1.39. The lowest BCUT2D eigenvalue weighted by Crippen LogP contribution is -2.40. The van der Waals surface area contributed by atoms with Crippen molar-refractivity contribution in [3.05, 3.63) is 35.4 Å². The highest BCUT2D eigenvalue weighted by molar-refractivity contribution is 5.97. The standard InChI is InChI=1S/C16H23N3O2/c1-19(2)16(21)12-5-3-11(4-6-12)15(20)18-14-9-7-13(17)8-10-14/h3-6,13-14H,7-10,17H2,1-2H3,(H,18,20). The van der Waals surface area contributed by atoms with Gasteiger partial charge in [-0.2, -0.15) is 0 Å². The minimum absolute atomic E-state index is 0.0665. The molecule has 1 aromatic carbocycles. The molecule has 3 N–H and O–H groups in total. The summed E-state index contributed by atoms with van der Waals surface area (Å²) in [7, 11) is 3.41. The van der Waals surface area contributed by atoms with Crippen LogP contribution in [0.25, 0.3) is 0 Å². The van der Waals surface area contributed by atoms with E-state index < -0.39 is 0 Å². The molecule has 0 unspecified atom stereocenters. The molecule has 0 atom stereocenters. The van der Waals surface area contributed by atoms with Crippen molar-refractivity contribution in [2.75, 3.05) is 14.1 Å². The smallest absolute Gasteiger partial charge is 0.253 e. The third kappa shape index (κ3) is 4.04. The van der Waals surface area contributed by atoms with Crippen LogP contribution in [-0.4, -0.2) is 42.9 Å². The molecule has 1 aromatic rings. The molecule has 0 bridgehead atoms. The number of carbonyl (C=O) groups is 2. The largest absolute Gasteiger partial charge is 0.349 e. The van der Waals surface area contributed by atoms with Gasteiger partial charge < -0.3 is 16.0 Å². The Morgan fingerprint density at radius 1 is 1.05 bits per heavy atom. The summed E-state index contributed by atoms with van der Waals surface area (Å²) in [5, 5.41) is 3.04. The highest BCUT2D eigenvalue weighted by Crippen LogP contribution is 2.17. The van der Waals surface area contributed by atoms with Crippen LogP contribution in [0.15, 0.2) is 24.3 Å². The zero-order chi connectivity index (χ0) is 15.4. The summed E-state index contributed by atoms with van der Waals surface area (Å²) >= 11 is 0. The van der Waals surface area contributed by atoms with Gasteiger partial charge in [-0.05, 0) is 49.9 Å². The first-order valence-corrected chi connectivity index (χ1v) is 7.35. The van der Waals surface area contributed by atoms with Gasteiger partial charge in [0.2, 0.25) is 0 Å². The minimum Gasteiger partial charge on any atom is -0.349 e. The zero-order valence-electron chi connectivity index (χ0n) is 12.6. The Bertz CT molecular complexity index is 503. The fourth-order valence-corrected chi connectivity index (χ4v) is 2.55. The van der Waals surface area contributed by atoms with Crippen LogP contribution in [-0.2, 0) is 0 Å². The molecule has 0 radical (unpaired) electrons. The fraction of sp³-hybridized carbons (Fsp3) is 0.500. The molecule has 5 heteroatoms. The van der Waals surface area contributed by atoms with Crippen LogP contribution < -0.4 is 11.1 Å². The van der Waals surface area contributed by atoms with E-state index in [-0.39, 0.29) is 23.9 Å². The number of rotatable bonds is 3. The van der Waals surface area contributed by atoms with Crippen molar-refractivity contribution in [2.45, 2.75) is 37.8 Å². The Morgan fingerprint density at radius 2 is 1.57 bits per heavy atom. The number of nitrogens with two attached hydrogens (primary N) is 1. The van der Waals surface area contributed by atoms with Gasteiger partial charge in [-0.1, -0.05) is 0 Å². The van der Waals surface area contributed by atoms with Gasteiger partial charge in [0.15, 0.2) is 0 Å². The third-order valence-corrected chi connectivity index (χ3v) is 3.91. The Morgan fingerprint density at radius 3 is 2.10 bits per heavy atom. The number of hydrogen-bond donors (Lipinski definition) is 2. The molecule has 0 aliphatic heterocycles. The summed E-state index contributed by atoms with van der Waals surface area (Å²) in [6, 6.07) is 7.25. The Labute approximate surface area is 125 Å². The second-order valence-corrected chi connectivity index (χ2v) is 5.86. The fourth-order valence-electron chi connectivity index (χ4n) is 2.55. The summed E-state index contributed by atoms with van der Waals surface area (Å²) < 4.78 is 0. The average Bonchev–Trinajstić information content (AvgIpc) is 2.49. The average molecular weight is 289 g/mol. The first-order chi connectivity index (χ1) is 9.97. The van der Waals surface area contributed by atoms with E-state index in [2.05, 4.69) is 5.32 Å². The van der Waals surface area contributed by atoms with Gasteiger partial charge in [0.05, 0.1) is 0 Å². The molecule has 0 saturated heterocycles. The molecular formula is C16H23N3O2. The zero-order valence-corrected chi connectivity index (χ0v) is 12.6. The summed E-state index contributed by atoms with van der Waals surface area (Å²) in [5.74, 6) is -0.150. The van der Waals surface area contributed by atoms with Crippen LogP contribution in [0.2, 0.25) is 0 Å². The molecule has 21 heavy (non-hydrogen) atoms. The molecule has 1 aliphatic carbocycles. The summed E-state index contributed by atoms with van der Waals surface area (Å²) in [5.41, 5.74) is 7.03. The first kappa shape index (κ1) is 15.5. The first-order valence-electron chi connectivity index (χ1n) is 7.35. The SMILES string of the molecule is CN(C)C(=O)c1ccc(C(=O)NC2CCC(N)CC2)cc1. The van der Waals surface area contributed by atoms with E-state index in [1.165, 1.54) is 4.90 Å². The van der Waals surface area contributed by atoms with Crippen LogP contribution in [0, 0.1) is 0 Å². The van der Waals surface area contributed by atoms with Gasteiger partial charge >= 0.3 is 0 Å². The molecule has 0 spiro atoms. The Hall–Kier alpha value is -1.88. The lowest BCUT2D eigenvalue weighted by Gasteiger charge is -2.26. The van der Waals surface area contributed by atoms with E-state index in [9.17, 15) is 9.59 Å². The van der Waals surface area contributed by atoms with E-state index in [1.54, 1.807) is 38.4 Å². The Kier molecular flexibility index (Phi) is 4.96. The van der Waals surface area contributed by atoms with Crippen LogP contribution in [0.5, 0.6) is 0 Å². The van der Waals surface area contributed by atoms with Crippen molar-refractivity contribution in [2.24, 2.45) is 5.73 Å². The molecular weight excluding hydrogens is 266 g/mol. The molecule has 0 heterocycles. The number of hydrogen-bond acceptors (Lipinski definition) is 3. The van der Waals surface area contributed by atoms with Gasteiger partial charge in [-0.3, -0.25) is 9.59 Å². The maximum Gasteiger partial charge on any atom is 0.253 e. The van der Waals surface area contributed by atoms with Crippen LogP contribution >= 0.6 is 0 Å². The molecule has 1 saturated carbocycles. The van der Waals surface area contributed by atoms with Gasteiger partial charge in [0.25, 0.3) is 11.8 Å². The second kappa shape index (κ2) is 6.72. The monoisotopic (exact) mass is 289 g/mol. The number of benzene rings is 1. The van der Waals surface area contributed by atoms with Crippen molar-refractivity contribution < 1.29 is 9.59 Å². The molecule has 1 fully saturated rings. The molecule has 2 amide bonds. The number of nitrogens with one attached hydrogen (secondary N) is 1. The van der Waals surface area contributed by atoms with Crippen LogP contribution in [0.3, 0.4) is 0 Å². The molecule has 2 rings (SSSR count). The quantitative estimate of drug-likeness (QED) is 0.883. The lowest BCUT2D eigenvalue weighted by atomic mass is 9.91. The molecule has 114 valence electrons. The maximum atomic E-state index is 12.2. The maximum absolute atomic E-state index is 12.2. The lowest BCUT2D eigenvalue weighted by molar-refractivity contribution is 0.0826. The van der Waals surface area contributed by atoms with Gasteiger partial charge in [-0.15, -0.1) is 0 Å². The van der Waals surface area contributed by atoms with Crippen LogP contribution in [0.4, 0.5) is 0 Å². The van der Waals surface area contributed by atoms with Crippen molar-refractivity contribution in [1.29, 1.82) is 0 Å². The number of nitrogens with zero attached hydrogens (tertiary/aromatic N) is 1. The summed E-state index contributed by atoms with van der Waals surface area (Å²) in [6.07, 6.45) is 3.79. The molecule has 0 aromatic heterocycles.